The van der Waals surface area contributed by atoms with Crippen LogP contribution in [0, 0.1) is 0 Å². The summed E-state index contributed by atoms with van der Waals surface area (Å²) in [5.41, 5.74) is 2.07. The molecule has 0 bridgehead atoms. The van der Waals surface area contributed by atoms with Gasteiger partial charge in [0.05, 0.1) is 7.11 Å². The van der Waals surface area contributed by atoms with Crippen LogP contribution in [0.1, 0.15) is 16.1 Å². The van der Waals surface area contributed by atoms with E-state index in [1.807, 2.05) is 54.8 Å². The second-order valence-electron chi connectivity index (χ2n) is 5.29. The number of amides is 1. The van der Waals surface area contributed by atoms with Crippen molar-refractivity contribution < 1.29 is 13.9 Å². The van der Waals surface area contributed by atoms with Gasteiger partial charge in [-0.1, -0.05) is 12.1 Å². The largest absolute Gasteiger partial charge is 0.497 e. The van der Waals surface area contributed by atoms with Gasteiger partial charge in [-0.3, -0.25) is 4.79 Å². The van der Waals surface area contributed by atoms with Crippen LogP contribution in [-0.2, 0) is 6.54 Å². The topological polar surface area (TPSA) is 64.4 Å². The summed E-state index contributed by atoms with van der Waals surface area (Å²) in [6, 6.07) is 15.4. The summed E-state index contributed by atoms with van der Waals surface area (Å²) < 4.78 is 10.6. The number of methoxy groups -OCH3 is 1. The number of ether oxygens (including phenoxy) is 1. The van der Waals surface area contributed by atoms with Crippen LogP contribution in [0.5, 0.6) is 5.75 Å². The number of thioether (sulfide) groups is 1. The molecule has 2 aromatic carbocycles. The number of nitrogens with one attached hydrogen (secondary N) is 1. The van der Waals surface area contributed by atoms with Crippen molar-refractivity contribution in [1.82, 2.24) is 10.3 Å². The first-order valence-corrected chi connectivity index (χ1v) is 8.93. The van der Waals surface area contributed by atoms with Crippen molar-refractivity contribution in [2.45, 2.75) is 11.4 Å². The van der Waals surface area contributed by atoms with Crippen molar-refractivity contribution in [1.29, 1.82) is 0 Å². The number of hydrogen-bond donors (Lipinski definition) is 1. The summed E-state index contributed by atoms with van der Waals surface area (Å²) in [6.45, 7) is 0.433. The van der Waals surface area contributed by atoms with Crippen LogP contribution in [0.3, 0.4) is 0 Å². The van der Waals surface area contributed by atoms with Gasteiger partial charge in [-0.25, -0.2) is 4.98 Å². The summed E-state index contributed by atoms with van der Waals surface area (Å²) in [5, 5.41) is 2.88. The summed E-state index contributed by atoms with van der Waals surface area (Å²) in [4.78, 5) is 17.7. The predicted octanol–water partition coefficient (Wildman–Crippen LogP) is 4.00. The number of rotatable bonds is 6. The lowest BCUT2D eigenvalue weighted by molar-refractivity contribution is 0.0947. The third-order valence-corrected chi connectivity index (χ3v) is 4.49. The fraction of sp³-hybridized carbons (Fsp3) is 0.158. The zero-order valence-electron chi connectivity index (χ0n) is 14.0. The van der Waals surface area contributed by atoms with E-state index >= 15 is 0 Å². The first-order valence-electron chi connectivity index (χ1n) is 7.70. The number of hydrogen-bond acceptors (Lipinski definition) is 5. The van der Waals surface area contributed by atoms with Crippen molar-refractivity contribution in [2.24, 2.45) is 0 Å². The molecule has 3 aromatic rings. The van der Waals surface area contributed by atoms with Crippen LogP contribution < -0.4 is 10.1 Å². The molecule has 0 aliphatic heterocycles. The van der Waals surface area contributed by atoms with Gasteiger partial charge in [0.15, 0.2) is 17.8 Å². The first kappa shape index (κ1) is 17.1. The van der Waals surface area contributed by atoms with Gasteiger partial charge < -0.3 is 14.5 Å². The molecular weight excluding hydrogens is 336 g/mol. The van der Waals surface area contributed by atoms with Gasteiger partial charge in [-0.2, -0.15) is 0 Å². The van der Waals surface area contributed by atoms with Crippen LogP contribution in [0.25, 0.3) is 11.3 Å². The molecule has 5 nitrogen and oxygen atoms in total. The second kappa shape index (κ2) is 7.90. The molecule has 0 saturated carbocycles. The molecule has 0 aliphatic carbocycles. The van der Waals surface area contributed by atoms with Gasteiger partial charge in [0.25, 0.3) is 5.91 Å². The smallest absolute Gasteiger partial charge is 0.274 e. The quantitative estimate of drug-likeness (QED) is 0.678. The van der Waals surface area contributed by atoms with Gasteiger partial charge in [0, 0.05) is 17.0 Å². The number of carbonyl (C=O) groups is 1. The lowest BCUT2D eigenvalue weighted by Gasteiger charge is -2.06. The normalized spacial score (nSPS) is 10.5. The van der Waals surface area contributed by atoms with E-state index in [0.29, 0.717) is 12.3 Å². The summed E-state index contributed by atoms with van der Waals surface area (Å²) >= 11 is 1.68. The Morgan fingerprint density at radius 1 is 1.16 bits per heavy atom. The third-order valence-electron chi connectivity index (χ3n) is 3.75. The van der Waals surface area contributed by atoms with E-state index in [1.165, 1.54) is 11.3 Å². The zero-order valence-corrected chi connectivity index (χ0v) is 14.8. The molecule has 1 amide bonds. The van der Waals surface area contributed by atoms with Gasteiger partial charge in [-0.05, 0) is 48.2 Å². The number of benzene rings is 2. The van der Waals surface area contributed by atoms with Crippen LogP contribution in [0.4, 0.5) is 0 Å². The molecular formula is C19H18N2O3S. The van der Waals surface area contributed by atoms with E-state index in [1.54, 1.807) is 18.9 Å². The minimum atomic E-state index is -0.270. The van der Waals surface area contributed by atoms with E-state index in [2.05, 4.69) is 10.3 Å². The Kier molecular flexibility index (Phi) is 5.40. The molecule has 3 rings (SSSR count). The van der Waals surface area contributed by atoms with Crippen LogP contribution in [-0.4, -0.2) is 24.3 Å². The van der Waals surface area contributed by atoms with E-state index in [4.69, 9.17) is 9.15 Å². The Morgan fingerprint density at radius 2 is 1.88 bits per heavy atom. The van der Waals surface area contributed by atoms with E-state index in [-0.39, 0.29) is 11.6 Å². The molecule has 25 heavy (non-hydrogen) atoms. The molecule has 0 atom stereocenters. The molecule has 0 aliphatic rings. The van der Waals surface area contributed by atoms with Crippen molar-refractivity contribution in [3.8, 4) is 17.1 Å². The second-order valence-corrected chi connectivity index (χ2v) is 6.17. The minimum Gasteiger partial charge on any atom is -0.497 e. The zero-order chi connectivity index (χ0) is 17.6. The monoisotopic (exact) mass is 354 g/mol. The van der Waals surface area contributed by atoms with Crippen LogP contribution >= 0.6 is 11.8 Å². The molecule has 1 aromatic heterocycles. The molecule has 0 spiro atoms. The third kappa shape index (κ3) is 4.03. The Hall–Kier alpha value is -2.73. The number of aromatic nitrogens is 1. The Morgan fingerprint density at radius 3 is 2.52 bits per heavy atom. The number of carbonyl (C=O) groups excluding carboxylic acids is 1. The Labute approximate surface area is 150 Å². The molecule has 0 saturated heterocycles. The van der Waals surface area contributed by atoms with Gasteiger partial charge >= 0.3 is 0 Å². The molecule has 0 radical (unpaired) electrons. The predicted molar refractivity (Wildman–Crippen MR) is 97.9 cm³/mol. The highest BCUT2D eigenvalue weighted by Crippen LogP contribution is 2.25. The summed E-state index contributed by atoms with van der Waals surface area (Å²) in [7, 11) is 1.61. The SMILES string of the molecule is COc1ccc(-c2ocnc2C(=O)NCc2ccc(SC)cc2)cc1. The van der Waals surface area contributed by atoms with Gasteiger partial charge in [0.1, 0.15) is 5.75 Å². The van der Waals surface area contributed by atoms with E-state index < -0.39 is 0 Å². The average Bonchev–Trinajstić information content (AvgIpc) is 3.16. The number of oxazole rings is 1. The van der Waals surface area contributed by atoms with Gasteiger partial charge in [0.2, 0.25) is 0 Å². The molecule has 0 fully saturated rings. The summed E-state index contributed by atoms with van der Waals surface area (Å²) in [5.74, 6) is 0.911. The van der Waals surface area contributed by atoms with Crippen molar-refractivity contribution in [2.75, 3.05) is 13.4 Å². The van der Waals surface area contributed by atoms with Crippen molar-refractivity contribution in [3.05, 3.63) is 66.2 Å². The standard InChI is InChI=1S/C19H18N2O3S/c1-23-15-7-5-14(6-8-15)18-17(21-12-24-18)19(22)20-11-13-3-9-16(25-2)10-4-13/h3-10,12H,11H2,1-2H3,(H,20,22). The maximum Gasteiger partial charge on any atom is 0.274 e. The molecule has 1 N–H and O–H groups in total. The first-order chi connectivity index (χ1) is 12.2. The number of nitrogens with zero attached hydrogens (tertiary/aromatic N) is 1. The lowest BCUT2D eigenvalue weighted by atomic mass is 10.1. The van der Waals surface area contributed by atoms with Crippen molar-refractivity contribution in [3.63, 3.8) is 0 Å². The molecule has 128 valence electrons. The highest BCUT2D eigenvalue weighted by atomic mass is 32.2. The maximum absolute atomic E-state index is 12.5. The average molecular weight is 354 g/mol. The Balaban J connectivity index is 1.71. The fourth-order valence-electron chi connectivity index (χ4n) is 2.36. The Bertz CT molecular complexity index is 842. The lowest BCUT2D eigenvalue weighted by Crippen LogP contribution is -2.23. The fourth-order valence-corrected chi connectivity index (χ4v) is 2.77. The highest BCUT2D eigenvalue weighted by Gasteiger charge is 2.18. The highest BCUT2D eigenvalue weighted by molar-refractivity contribution is 7.98. The van der Waals surface area contributed by atoms with Crippen LogP contribution in [0.2, 0.25) is 0 Å². The van der Waals surface area contributed by atoms with Crippen molar-refractivity contribution >= 4 is 17.7 Å². The van der Waals surface area contributed by atoms with E-state index in [9.17, 15) is 4.79 Å². The van der Waals surface area contributed by atoms with E-state index in [0.717, 1.165) is 16.9 Å². The molecule has 6 heteroatoms. The summed E-state index contributed by atoms with van der Waals surface area (Å²) in [6.07, 6.45) is 3.31. The van der Waals surface area contributed by atoms with Gasteiger partial charge in [-0.15, -0.1) is 11.8 Å². The van der Waals surface area contributed by atoms with Crippen LogP contribution in [0.15, 0.2) is 64.2 Å². The maximum atomic E-state index is 12.5. The molecule has 1 heterocycles. The molecule has 0 unspecified atom stereocenters. The minimum absolute atomic E-state index is 0.269.